The van der Waals surface area contributed by atoms with E-state index in [0.717, 1.165) is 39.4 Å². The first-order valence-corrected chi connectivity index (χ1v) is 14.6. The molecule has 0 aromatic heterocycles. The molecule has 0 bridgehead atoms. The van der Waals surface area contributed by atoms with Gasteiger partial charge in [-0.25, -0.2) is 13.2 Å². The molecular weight excluding hydrogens is 558 g/mol. The summed E-state index contributed by atoms with van der Waals surface area (Å²) in [6.45, 7) is 2.81. The second-order valence-electron chi connectivity index (χ2n) is 8.91. The van der Waals surface area contributed by atoms with Crippen molar-refractivity contribution in [2.45, 2.75) is 32.4 Å². The van der Waals surface area contributed by atoms with Crippen molar-refractivity contribution in [2.75, 3.05) is 18.6 Å². The Morgan fingerprint density at radius 2 is 1.76 bits per heavy atom. The van der Waals surface area contributed by atoms with Crippen molar-refractivity contribution >= 4 is 37.6 Å². The molecule has 7 nitrogen and oxygen atoms in total. The predicted molar refractivity (Wildman–Crippen MR) is 147 cm³/mol. The average Bonchev–Trinajstić information content (AvgIpc) is 2.84. The summed E-state index contributed by atoms with van der Waals surface area (Å²) in [7, 11) is -3.38. The lowest BCUT2D eigenvalue weighted by molar-refractivity contribution is -0.139. The van der Waals surface area contributed by atoms with Crippen LogP contribution in [-0.4, -0.2) is 50.1 Å². The molecular formula is C28H30BrNO6S. The van der Waals surface area contributed by atoms with Crippen LogP contribution in [0.5, 0.6) is 0 Å². The number of benzene rings is 3. The van der Waals surface area contributed by atoms with E-state index in [2.05, 4.69) is 21.2 Å². The van der Waals surface area contributed by atoms with Crippen LogP contribution >= 0.6 is 15.9 Å². The average molecular weight is 589 g/mol. The number of hydrogen-bond donors (Lipinski definition) is 2. The van der Waals surface area contributed by atoms with Gasteiger partial charge in [0.15, 0.2) is 0 Å². The number of carbonyl (C=O) groups is 2. The number of hydrogen-bond acceptors (Lipinski definition) is 5. The predicted octanol–water partition coefficient (Wildman–Crippen LogP) is 4.80. The fourth-order valence-corrected chi connectivity index (χ4v) is 4.99. The van der Waals surface area contributed by atoms with Crippen LogP contribution in [0, 0.1) is 6.92 Å². The maximum atomic E-state index is 13.2. The van der Waals surface area contributed by atoms with Crippen molar-refractivity contribution in [2.24, 2.45) is 0 Å². The second kappa shape index (κ2) is 13.0. The highest BCUT2D eigenvalue weighted by Gasteiger charge is 2.24. The molecule has 37 heavy (non-hydrogen) atoms. The van der Waals surface area contributed by atoms with E-state index < -0.39 is 27.8 Å². The summed E-state index contributed by atoms with van der Waals surface area (Å²) in [6, 6.07) is 19.6. The number of aryl methyl sites for hydroxylation is 1. The van der Waals surface area contributed by atoms with E-state index in [1.165, 1.54) is 0 Å². The number of nitrogens with one attached hydrogen (secondary N) is 1. The Morgan fingerprint density at radius 1 is 1.00 bits per heavy atom. The van der Waals surface area contributed by atoms with Crippen LogP contribution in [0.4, 0.5) is 0 Å². The molecule has 0 saturated heterocycles. The summed E-state index contributed by atoms with van der Waals surface area (Å²) in [6.07, 6.45) is 1.57. The summed E-state index contributed by atoms with van der Waals surface area (Å²) < 4.78 is 29.9. The maximum absolute atomic E-state index is 13.2. The Labute approximate surface area is 225 Å². The molecule has 1 unspecified atom stereocenters. The minimum Gasteiger partial charge on any atom is -0.480 e. The van der Waals surface area contributed by atoms with Gasteiger partial charge in [0.25, 0.3) is 5.91 Å². The van der Waals surface area contributed by atoms with Crippen LogP contribution < -0.4 is 5.32 Å². The van der Waals surface area contributed by atoms with Crippen molar-refractivity contribution in [3.63, 3.8) is 0 Å². The molecule has 3 rings (SSSR count). The molecule has 0 aliphatic heterocycles. The number of carboxylic acids is 1. The first kappa shape index (κ1) is 28.6. The SMILES string of the molecule is Cc1ccccc1-c1cc(COCCc2cccc(Br)c2)ccc1C(=O)NC(CCS(C)(=O)=O)C(=O)O. The van der Waals surface area contributed by atoms with Gasteiger partial charge in [0.1, 0.15) is 15.9 Å². The molecule has 9 heteroatoms. The van der Waals surface area contributed by atoms with Gasteiger partial charge < -0.3 is 15.2 Å². The first-order chi connectivity index (χ1) is 17.5. The highest BCUT2D eigenvalue weighted by molar-refractivity contribution is 9.10. The third-order valence-electron chi connectivity index (χ3n) is 5.84. The number of ether oxygens (including phenoxy) is 1. The molecule has 1 atom stereocenters. The number of amides is 1. The molecule has 196 valence electrons. The van der Waals surface area contributed by atoms with Crippen molar-refractivity contribution in [1.82, 2.24) is 5.32 Å². The van der Waals surface area contributed by atoms with Crippen LogP contribution in [0.1, 0.15) is 33.5 Å². The minimum absolute atomic E-state index is 0.219. The molecule has 0 spiro atoms. The summed E-state index contributed by atoms with van der Waals surface area (Å²) in [5.74, 6) is -2.21. The van der Waals surface area contributed by atoms with Gasteiger partial charge in [-0.1, -0.05) is 58.4 Å². The standard InChI is InChI=1S/C28H30BrNO6S/c1-19-6-3-4-9-23(19)25-17-21(18-36-14-12-20-7-5-8-22(29)16-20)10-11-24(25)27(31)30-26(28(32)33)13-15-37(2,34)35/h3-11,16-17,26H,12-15,18H2,1-2H3,(H,30,31)(H,32,33). The smallest absolute Gasteiger partial charge is 0.326 e. The molecule has 0 heterocycles. The first-order valence-electron chi connectivity index (χ1n) is 11.8. The lowest BCUT2D eigenvalue weighted by Crippen LogP contribution is -2.42. The van der Waals surface area contributed by atoms with Gasteiger partial charge in [-0.15, -0.1) is 0 Å². The fourth-order valence-electron chi connectivity index (χ4n) is 3.87. The number of carbonyl (C=O) groups excluding carboxylic acids is 1. The lowest BCUT2D eigenvalue weighted by Gasteiger charge is -2.18. The molecule has 1 amide bonds. The van der Waals surface area contributed by atoms with Crippen LogP contribution in [0.25, 0.3) is 11.1 Å². The summed E-state index contributed by atoms with van der Waals surface area (Å²) in [4.78, 5) is 24.9. The van der Waals surface area contributed by atoms with Crippen molar-refractivity contribution < 1.29 is 27.9 Å². The van der Waals surface area contributed by atoms with Gasteiger partial charge in [0, 0.05) is 16.3 Å². The van der Waals surface area contributed by atoms with E-state index in [-0.39, 0.29) is 12.2 Å². The number of carboxylic acid groups (broad SMARTS) is 1. The van der Waals surface area contributed by atoms with Crippen molar-refractivity contribution in [3.05, 3.63) is 93.5 Å². The highest BCUT2D eigenvalue weighted by Crippen LogP contribution is 2.28. The number of rotatable bonds is 12. The van der Waals surface area contributed by atoms with Crippen molar-refractivity contribution in [3.8, 4) is 11.1 Å². The van der Waals surface area contributed by atoms with Crippen LogP contribution in [0.2, 0.25) is 0 Å². The molecule has 0 fully saturated rings. The zero-order valence-electron chi connectivity index (χ0n) is 20.7. The van der Waals surface area contributed by atoms with Crippen LogP contribution in [-0.2, 0) is 32.4 Å². The minimum atomic E-state index is -3.38. The van der Waals surface area contributed by atoms with Crippen LogP contribution in [0.15, 0.2) is 71.2 Å². The van der Waals surface area contributed by atoms with Gasteiger partial charge in [-0.2, -0.15) is 0 Å². The Hall–Kier alpha value is -3.01. The summed E-state index contributed by atoms with van der Waals surface area (Å²) >= 11 is 3.47. The fraction of sp³-hybridized carbons (Fsp3) is 0.286. The number of sulfone groups is 1. The highest BCUT2D eigenvalue weighted by atomic mass is 79.9. The third kappa shape index (κ3) is 8.80. The largest absolute Gasteiger partial charge is 0.480 e. The Morgan fingerprint density at radius 3 is 2.43 bits per heavy atom. The van der Waals surface area contributed by atoms with E-state index in [0.29, 0.717) is 24.3 Å². The van der Waals surface area contributed by atoms with E-state index in [1.54, 1.807) is 12.1 Å². The van der Waals surface area contributed by atoms with Gasteiger partial charge in [0.2, 0.25) is 0 Å². The molecule has 0 radical (unpaired) electrons. The monoisotopic (exact) mass is 587 g/mol. The van der Waals surface area contributed by atoms with Gasteiger partial charge in [0.05, 0.1) is 19.0 Å². The van der Waals surface area contributed by atoms with E-state index in [1.807, 2.05) is 61.5 Å². The third-order valence-corrected chi connectivity index (χ3v) is 7.31. The Kier molecular flexibility index (Phi) is 10.0. The van der Waals surface area contributed by atoms with Gasteiger partial charge in [-0.05, 0) is 71.8 Å². The van der Waals surface area contributed by atoms with E-state index >= 15 is 0 Å². The van der Waals surface area contributed by atoms with Crippen molar-refractivity contribution in [1.29, 1.82) is 0 Å². The normalized spacial score (nSPS) is 12.2. The summed E-state index contributed by atoms with van der Waals surface area (Å²) in [5, 5.41) is 12.0. The maximum Gasteiger partial charge on any atom is 0.326 e. The van der Waals surface area contributed by atoms with E-state index in [9.17, 15) is 23.1 Å². The molecule has 3 aromatic rings. The van der Waals surface area contributed by atoms with Crippen LogP contribution in [0.3, 0.4) is 0 Å². The summed E-state index contributed by atoms with van der Waals surface area (Å²) in [5.41, 5.74) is 4.78. The quantitative estimate of drug-likeness (QED) is 0.294. The number of aliphatic carboxylic acids is 1. The zero-order valence-corrected chi connectivity index (χ0v) is 23.1. The lowest BCUT2D eigenvalue weighted by atomic mass is 9.93. The van der Waals surface area contributed by atoms with E-state index in [4.69, 9.17) is 4.74 Å². The molecule has 0 aliphatic rings. The molecule has 0 aliphatic carbocycles. The Balaban J connectivity index is 1.80. The molecule has 0 saturated carbocycles. The second-order valence-corrected chi connectivity index (χ2v) is 12.1. The van der Waals surface area contributed by atoms with Gasteiger partial charge in [-0.3, -0.25) is 4.79 Å². The topological polar surface area (TPSA) is 110 Å². The molecule has 2 N–H and O–H groups in total. The Bertz CT molecular complexity index is 1370. The molecule has 3 aromatic carbocycles. The van der Waals surface area contributed by atoms with Gasteiger partial charge >= 0.3 is 5.97 Å². The zero-order chi connectivity index (χ0) is 27.0. The number of halogens is 1.